The van der Waals surface area contributed by atoms with E-state index in [1.165, 1.54) is 0 Å². The van der Waals surface area contributed by atoms with E-state index in [4.69, 9.17) is 0 Å². The predicted octanol–water partition coefficient (Wildman–Crippen LogP) is 3.39. The van der Waals surface area contributed by atoms with Gasteiger partial charge in [-0.1, -0.05) is 34.6 Å². The van der Waals surface area contributed by atoms with E-state index in [0.717, 1.165) is 0 Å². The van der Waals surface area contributed by atoms with E-state index in [9.17, 15) is 9.59 Å². The van der Waals surface area contributed by atoms with Gasteiger partial charge in [-0.3, -0.25) is 9.59 Å². The van der Waals surface area contributed by atoms with Crippen LogP contribution in [-0.2, 0) is 9.59 Å². The lowest BCUT2D eigenvalue weighted by Crippen LogP contribution is -2.45. The molecule has 0 aromatic rings. The Bertz CT molecular complexity index is 231. The summed E-state index contributed by atoms with van der Waals surface area (Å²) in [4.78, 5) is 23.5. The Hall–Kier alpha value is -0.660. The highest BCUT2D eigenvalue weighted by molar-refractivity contribution is 6.09. The first-order valence-electron chi connectivity index (χ1n) is 5.88. The van der Waals surface area contributed by atoms with Gasteiger partial charge in [0.15, 0.2) is 0 Å². The Morgan fingerprint density at radius 3 is 1.60 bits per heavy atom. The number of hydrogen-bond donors (Lipinski definition) is 0. The fourth-order valence-corrected chi connectivity index (χ4v) is 1.87. The largest absolute Gasteiger partial charge is 0.299 e. The summed E-state index contributed by atoms with van der Waals surface area (Å²) in [5, 5.41) is 0. The monoisotopic (exact) mass is 212 g/mol. The molecule has 1 rings (SSSR count). The molecule has 1 aliphatic carbocycles. The van der Waals surface area contributed by atoms with Gasteiger partial charge in [0, 0.05) is 12.8 Å². The summed E-state index contributed by atoms with van der Waals surface area (Å²) in [5.74, 6) is 0.243. The van der Waals surface area contributed by atoms with Gasteiger partial charge in [0.05, 0.1) is 5.41 Å². The van der Waals surface area contributed by atoms with Crippen LogP contribution in [0, 0.1) is 10.8 Å². The van der Waals surface area contributed by atoms with Gasteiger partial charge < -0.3 is 0 Å². The second-order valence-corrected chi connectivity index (χ2v) is 5.05. The number of hydrogen-bond acceptors (Lipinski definition) is 2. The number of carbonyl (C=O) groups excluding carboxylic acids is 2. The van der Waals surface area contributed by atoms with E-state index in [-0.39, 0.29) is 17.0 Å². The average molecular weight is 212 g/mol. The predicted molar refractivity (Wildman–Crippen MR) is 62.8 cm³/mol. The van der Waals surface area contributed by atoms with E-state index < -0.39 is 5.41 Å². The SMILES string of the molecule is CC.CCC1(C)C(=O)CC(C)(C)CC1=O. The molecule has 0 saturated heterocycles. The van der Waals surface area contributed by atoms with Crippen LogP contribution in [0.4, 0.5) is 0 Å². The van der Waals surface area contributed by atoms with Crippen LogP contribution in [0.5, 0.6) is 0 Å². The van der Waals surface area contributed by atoms with Crippen molar-refractivity contribution in [2.24, 2.45) is 10.8 Å². The molecule has 1 fully saturated rings. The fraction of sp³-hybridized carbons (Fsp3) is 0.846. The molecule has 0 bridgehead atoms. The molecule has 0 aliphatic heterocycles. The molecule has 1 aliphatic rings. The first-order chi connectivity index (χ1) is 6.82. The van der Waals surface area contributed by atoms with Gasteiger partial charge >= 0.3 is 0 Å². The van der Waals surface area contributed by atoms with Crippen molar-refractivity contribution in [3.8, 4) is 0 Å². The molecule has 2 heteroatoms. The van der Waals surface area contributed by atoms with Crippen LogP contribution in [0.25, 0.3) is 0 Å². The maximum Gasteiger partial charge on any atom is 0.146 e. The van der Waals surface area contributed by atoms with Gasteiger partial charge in [0.1, 0.15) is 11.6 Å². The molecule has 0 spiro atoms. The summed E-state index contributed by atoms with van der Waals surface area (Å²) >= 11 is 0. The van der Waals surface area contributed by atoms with Gasteiger partial charge in [0.25, 0.3) is 0 Å². The summed E-state index contributed by atoms with van der Waals surface area (Å²) in [5.41, 5.74) is -0.807. The van der Waals surface area contributed by atoms with Crippen molar-refractivity contribution in [1.29, 1.82) is 0 Å². The molecule has 15 heavy (non-hydrogen) atoms. The Morgan fingerprint density at radius 2 is 1.33 bits per heavy atom. The van der Waals surface area contributed by atoms with Crippen LogP contribution >= 0.6 is 0 Å². The third-order valence-corrected chi connectivity index (χ3v) is 3.22. The lowest BCUT2D eigenvalue weighted by molar-refractivity contribution is -0.147. The molecule has 2 nitrogen and oxygen atoms in total. The summed E-state index contributed by atoms with van der Waals surface area (Å²) in [7, 11) is 0. The molecule has 0 atom stereocenters. The summed E-state index contributed by atoms with van der Waals surface area (Å²) in [6.45, 7) is 11.7. The molecule has 0 radical (unpaired) electrons. The highest BCUT2D eigenvalue weighted by Gasteiger charge is 2.46. The Balaban J connectivity index is 0.000000921. The van der Waals surface area contributed by atoms with Gasteiger partial charge in [-0.2, -0.15) is 0 Å². The van der Waals surface area contributed by atoms with E-state index in [0.29, 0.717) is 19.3 Å². The van der Waals surface area contributed by atoms with E-state index in [2.05, 4.69) is 0 Å². The summed E-state index contributed by atoms with van der Waals surface area (Å²) in [6, 6.07) is 0. The highest BCUT2D eigenvalue weighted by atomic mass is 16.2. The second kappa shape index (κ2) is 4.91. The highest BCUT2D eigenvalue weighted by Crippen LogP contribution is 2.41. The van der Waals surface area contributed by atoms with E-state index >= 15 is 0 Å². The third kappa shape index (κ3) is 2.90. The minimum absolute atomic E-state index is 0.122. The maximum absolute atomic E-state index is 11.8. The Labute approximate surface area is 93.4 Å². The molecule has 1 saturated carbocycles. The number of carbonyl (C=O) groups is 2. The van der Waals surface area contributed by atoms with Crippen LogP contribution in [0.3, 0.4) is 0 Å². The fourth-order valence-electron chi connectivity index (χ4n) is 1.87. The van der Waals surface area contributed by atoms with Crippen LogP contribution in [0.1, 0.15) is 60.8 Å². The average Bonchev–Trinajstić information content (AvgIpc) is 2.16. The number of rotatable bonds is 1. The van der Waals surface area contributed by atoms with Crippen LogP contribution in [-0.4, -0.2) is 11.6 Å². The van der Waals surface area contributed by atoms with E-state index in [1.54, 1.807) is 6.92 Å². The summed E-state index contributed by atoms with van der Waals surface area (Å²) < 4.78 is 0. The summed E-state index contributed by atoms with van der Waals surface area (Å²) in [6.07, 6.45) is 1.73. The molecule has 0 unspecified atom stereocenters. The van der Waals surface area contributed by atoms with E-state index in [1.807, 2.05) is 34.6 Å². The van der Waals surface area contributed by atoms with Crippen molar-refractivity contribution in [2.45, 2.75) is 60.8 Å². The smallest absolute Gasteiger partial charge is 0.146 e. The van der Waals surface area contributed by atoms with Gasteiger partial charge in [-0.05, 0) is 18.8 Å². The zero-order valence-corrected chi connectivity index (χ0v) is 10.9. The Kier molecular flexibility index (Phi) is 4.69. The molecule has 0 aromatic carbocycles. The standard InChI is InChI=1S/C11H18O2.C2H6/c1-5-11(4)8(12)6-10(2,3)7-9(11)13;1-2/h5-7H2,1-4H3;1-2H3. The van der Waals surface area contributed by atoms with Crippen molar-refractivity contribution in [3.05, 3.63) is 0 Å². The lowest BCUT2D eigenvalue weighted by atomic mass is 9.63. The molecule has 0 N–H and O–H groups in total. The van der Waals surface area contributed by atoms with Crippen molar-refractivity contribution in [1.82, 2.24) is 0 Å². The van der Waals surface area contributed by atoms with Crippen LogP contribution in [0.15, 0.2) is 0 Å². The molecule has 88 valence electrons. The third-order valence-electron chi connectivity index (χ3n) is 3.22. The molecular formula is C13H24O2. The minimum Gasteiger partial charge on any atom is -0.299 e. The minimum atomic E-state index is -0.685. The van der Waals surface area contributed by atoms with Gasteiger partial charge in [-0.15, -0.1) is 0 Å². The lowest BCUT2D eigenvalue weighted by Gasteiger charge is -2.37. The number of ketones is 2. The normalized spacial score (nSPS) is 23.1. The Morgan fingerprint density at radius 1 is 1.00 bits per heavy atom. The zero-order valence-electron chi connectivity index (χ0n) is 10.9. The molecular weight excluding hydrogens is 188 g/mol. The quantitative estimate of drug-likeness (QED) is 0.624. The first-order valence-corrected chi connectivity index (χ1v) is 5.88. The molecule has 0 amide bonds. The van der Waals surface area contributed by atoms with Crippen LogP contribution < -0.4 is 0 Å². The van der Waals surface area contributed by atoms with Gasteiger partial charge in [0.2, 0.25) is 0 Å². The topological polar surface area (TPSA) is 34.1 Å². The second-order valence-electron chi connectivity index (χ2n) is 5.05. The first kappa shape index (κ1) is 14.3. The van der Waals surface area contributed by atoms with Crippen molar-refractivity contribution in [2.75, 3.05) is 0 Å². The van der Waals surface area contributed by atoms with Crippen molar-refractivity contribution in [3.63, 3.8) is 0 Å². The molecule has 0 aromatic heterocycles. The maximum atomic E-state index is 11.8. The zero-order chi connectivity index (χ0) is 12.3. The number of Topliss-reactive ketones (excluding diaryl/α,β-unsaturated/α-hetero) is 2. The van der Waals surface area contributed by atoms with Crippen molar-refractivity contribution < 1.29 is 9.59 Å². The van der Waals surface area contributed by atoms with Crippen LogP contribution in [0.2, 0.25) is 0 Å². The van der Waals surface area contributed by atoms with Crippen molar-refractivity contribution >= 4 is 11.6 Å². The van der Waals surface area contributed by atoms with Gasteiger partial charge in [-0.25, -0.2) is 0 Å². The molecule has 0 heterocycles.